The zero-order chi connectivity index (χ0) is 20.8. The molecule has 1 rings (SSSR count). The molecule has 1 aliphatic heterocycles. The third-order valence-electron chi connectivity index (χ3n) is 3.90. The number of halogens is 1. The number of methoxy groups -OCH3 is 2. The van der Waals surface area contributed by atoms with E-state index in [9.17, 15) is 19.2 Å². The molecule has 0 amide bonds. The zero-order valence-electron chi connectivity index (χ0n) is 15.7. The average Bonchev–Trinajstić information content (AvgIpc) is 2.59. The summed E-state index contributed by atoms with van der Waals surface area (Å²) in [4.78, 5) is 46.9. The molecule has 0 bridgehead atoms. The van der Waals surface area contributed by atoms with E-state index < -0.39 is 74.7 Å². The predicted octanol–water partition coefficient (Wildman–Crippen LogP) is 0.352. The third kappa shape index (κ3) is 5.75. The normalized spacial score (nSPS) is 29.9. The van der Waals surface area contributed by atoms with Crippen molar-refractivity contribution in [2.24, 2.45) is 0 Å². The van der Waals surface area contributed by atoms with Gasteiger partial charge in [-0.2, -0.15) is 0 Å². The van der Waals surface area contributed by atoms with Crippen molar-refractivity contribution in [3.8, 4) is 0 Å². The maximum absolute atomic E-state index is 12.5. The molecule has 1 heterocycles. The number of esters is 4. The zero-order valence-corrected chi connectivity index (χ0v) is 21.9. The van der Waals surface area contributed by atoms with Crippen LogP contribution in [-0.4, -0.2) is 68.8 Å². The summed E-state index contributed by atoms with van der Waals surface area (Å²) in [6, 6.07) is 0. The molecule has 5 atom stereocenters. The molecule has 150 valence electrons. The fourth-order valence-corrected chi connectivity index (χ4v) is 10.7. The van der Waals surface area contributed by atoms with Gasteiger partial charge in [0, 0.05) is 0 Å². The van der Waals surface area contributed by atoms with Gasteiger partial charge < -0.3 is 0 Å². The van der Waals surface area contributed by atoms with Crippen LogP contribution in [0.5, 0.6) is 0 Å². The van der Waals surface area contributed by atoms with Gasteiger partial charge in [-0.25, -0.2) is 0 Å². The second-order valence-corrected chi connectivity index (χ2v) is 13.1. The van der Waals surface area contributed by atoms with Crippen LogP contribution in [0.25, 0.3) is 0 Å². The average molecular weight is 597 g/mol. The van der Waals surface area contributed by atoms with Gasteiger partial charge in [-0.15, -0.1) is 0 Å². The van der Waals surface area contributed by atoms with Gasteiger partial charge in [0.15, 0.2) is 0 Å². The summed E-state index contributed by atoms with van der Waals surface area (Å²) in [6.45, 7) is 3.12. The summed E-state index contributed by atoms with van der Waals surface area (Å²) in [7, 11) is 8.58. The second-order valence-electron chi connectivity index (χ2n) is 5.73. The van der Waals surface area contributed by atoms with E-state index in [-0.39, 0.29) is 6.61 Å². The van der Waals surface area contributed by atoms with Crippen LogP contribution in [0.2, 0.25) is 3.43 Å². The molecule has 0 unspecified atom stereocenters. The maximum atomic E-state index is 12.5. The van der Waals surface area contributed by atoms with Gasteiger partial charge in [-0.1, -0.05) is 0 Å². The molecule has 0 radical (unpaired) electrons. The first-order chi connectivity index (χ1) is 12.6. The van der Waals surface area contributed by atoms with Crippen molar-refractivity contribution in [1.82, 2.24) is 0 Å². The van der Waals surface area contributed by atoms with Crippen LogP contribution in [0.15, 0.2) is 0 Å². The fourth-order valence-electron chi connectivity index (χ4n) is 2.85. The van der Waals surface area contributed by atoms with Crippen LogP contribution in [0.1, 0.15) is 20.8 Å². The number of hydrogen-bond acceptors (Lipinski definition) is 10. The van der Waals surface area contributed by atoms with Crippen LogP contribution in [0.3, 0.4) is 0 Å². The van der Waals surface area contributed by atoms with Crippen LogP contribution in [0.4, 0.5) is 0 Å². The van der Waals surface area contributed by atoms with Crippen molar-refractivity contribution < 1.29 is 70.9 Å². The molecule has 0 saturated carbocycles. The predicted molar refractivity (Wildman–Crippen MR) is 84.0 cm³/mol. The fraction of sp³-hybridized carbons (Fsp3) is 0.733. The first-order valence-corrected chi connectivity index (χ1v) is 17.9. The van der Waals surface area contributed by atoms with E-state index in [1.807, 2.05) is 0 Å². The topological polar surface area (TPSA) is 124 Å². The molecule has 0 aromatic heterocycles. The van der Waals surface area contributed by atoms with E-state index in [0.29, 0.717) is 0 Å². The molecule has 1 fully saturated rings. The van der Waals surface area contributed by atoms with Gasteiger partial charge in [0.05, 0.1) is 0 Å². The van der Waals surface area contributed by atoms with Crippen molar-refractivity contribution in [2.45, 2.75) is 48.3 Å². The first-order valence-electron chi connectivity index (χ1n) is 7.98. The quantitative estimate of drug-likeness (QED) is 0.231. The Labute approximate surface area is 171 Å². The van der Waals surface area contributed by atoms with Crippen LogP contribution in [-0.2, 0) is 70.9 Å². The SMILES string of the molecule is COC(=O)[C@]1(OC)O[C@H](COC(C)=O)[C@@H](OC(C)=O)[C@H](OC(C)=O)[C@@H]1[Hg][Cl]. The Morgan fingerprint density at radius 2 is 1.56 bits per heavy atom. The molecule has 1 aliphatic rings. The van der Waals surface area contributed by atoms with E-state index in [2.05, 4.69) is 0 Å². The molecule has 0 aliphatic carbocycles. The summed E-state index contributed by atoms with van der Waals surface area (Å²) in [5, 5.41) is 0. The molecule has 0 aromatic rings. The first kappa shape index (κ1) is 24.1. The van der Waals surface area contributed by atoms with E-state index in [1.54, 1.807) is 0 Å². The standard InChI is InChI=1S/C15H21O10.ClH.Hg/c1-8(16)22-7-12-13(24-10(3)18)11(23-9(2)17)6-15(21-5,25-12)14(19)20-4;;/h6,11-13H,7H2,1-5H3;1H;/q;;+1/p-1/t11-,12-,13+,15-;;/m1../s1. The molecule has 0 aromatic carbocycles. The Morgan fingerprint density at radius 3 is 1.96 bits per heavy atom. The minimum absolute atomic E-state index is 0.376. The van der Waals surface area contributed by atoms with Gasteiger partial charge in [0.25, 0.3) is 0 Å². The van der Waals surface area contributed by atoms with Crippen LogP contribution in [0, 0.1) is 0 Å². The van der Waals surface area contributed by atoms with E-state index in [1.165, 1.54) is 14.0 Å². The Bertz CT molecular complexity index is 585. The van der Waals surface area contributed by atoms with E-state index in [0.717, 1.165) is 21.0 Å². The van der Waals surface area contributed by atoms with E-state index >= 15 is 0 Å². The Morgan fingerprint density at radius 1 is 1.00 bits per heavy atom. The van der Waals surface area contributed by atoms with Crippen molar-refractivity contribution in [3.63, 3.8) is 0 Å². The summed E-state index contributed by atoms with van der Waals surface area (Å²) >= 11 is -2.50. The van der Waals surface area contributed by atoms with Crippen LogP contribution < -0.4 is 0 Å². The molecule has 1 saturated heterocycles. The summed E-state index contributed by atoms with van der Waals surface area (Å²) in [6.07, 6.45) is -3.43. The number of carbonyl (C=O) groups excluding carboxylic acids is 4. The monoisotopic (exact) mass is 598 g/mol. The molecular weight excluding hydrogens is 576 g/mol. The summed E-state index contributed by atoms with van der Waals surface area (Å²) in [5.74, 6) is -4.84. The van der Waals surface area contributed by atoms with Gasteiger partial charge in [-0.05, 0) is 0 Å². The van der Waals surface area contributed by atoms with Crippen molar-refractivity contribution in [2.75, 3.05) is 20.8 Å². The van der Waals surface area contributed by atoms with Gasteiger partial charge in [0.1, 0.15) is 0 Å². The van der Waals surface area contributed by atoms with Crippen LogP contribution >= 0.6 is 8.25 Å². The Hall–Kier alpha value is -0.975. The molecule has 10 nitrogen and oxygen atoms in total. The molecule has 0 spiro atoms. The van der Waals surface area contributed by atoms with Gasteiger partial charge in [-0.3, -0.25) is 0 Å². The number of carbonyl (C=O) groups is 4. The number of rotatable bonds is 7. The molecule has 12 heteroatoms. The van der Waals surface area contributed by atoms with Crippen molar-refractivity contribution >= 4 is 32.1 Å². The van der Waals surface area contributed by atoms with Gasteiger partial charge in [0.2, 0.25) is 0 Å². The molecule has 27 heavy (non-hydrogen) atoms. The number of hydrogen-bond donors (Lipinski definition) is 0. The molecular formula is C15H21ClHgO10. The van der Waals surface area contributed by atoms with Crippen molar-refractivity contribution in [1.29, 1.82) is 0 Å². The molecule has 0 N–H and O–H groups in total. The third-order valence-corrected chi connectivity index (χ3v) is 12.0. The second kappa shape index (κ2) is 10.5. The van der Waals surface area contributed by atoms with E-state index in [4.69, 9.17) is 36.7 Å². The summed E-state index contributed by atoms with van der Waals surface area (Å²) < 4.78 is 30.6. The summed E-state index contributed by atoms with van der Waals surface area (Å²) in [5.41, 5.74) is 0. The Kier molecular flexibility index (Phi) is 9.39. The minimum atomic E-state index is -2.50. The number of ether oxygens (including phenoxy) is 6. The Balaban J connectivity index is 3.45. The van der Waals surface area contributed by atoms with Gasteiger partial charge >= 0.3 is 172 Å². The van der Waals surface area contributed by atoms with Crippen molar-refractivity contribution in [3.05, 3.63) is 0 Å².